The first-order chi connectivity index (χ1) is 14.8. The number of methoxy groups -OCH3 is 1. The minimum absolute atomic E-state index is 0.144. The number of H-pyrrole nitrogens is 1. The maximum absolute atomic E-state index is 12.8. The molecule has 1 aromatic heterocycles. The lowest BCUT2D eigenvalue weighted by Crippen LogP contribution is -2.43. The summed E-state index contributed by atoms with van der Waals surface area (Å²) in [7, 11) is -0.445. The summed E-state index contributed by atoms with van der Waals surface area (Å²) in [5, 5.41) is 1.05. The van der Waals surface area contributed by atoms with Gasteiger partial charge in [-0.15, -0.1) is 0 Å². The molecular formula is C23H31N3O4S. The average Bonchev–Trinajstić information content (AvgIpc) is 3.18. The van der Waals surface area contributed by atoms with Crippen LogP contribution in [0, 0.1) is 0 Å². The maximum atomic E-state index is 12.8. The molecule has 3 aromatic rings. The lowest BCUT2D eigenvalue weighted by molar-refractivity contribution is 0.310. The van der Waals surface area contributed by atoms with Gasteiger partial charge in [-0.1, -0.05) is 24.3 Å². The molecule has 7 nitrogen and oxygen atoms in total. The first kappa shape index (κ1) is 23.1. The zero-order chi connectivity index (χ0) is 22.6. The largest absolute Gasteiger partial charge is 0.493 e. The first-order valence-electron chi connectivity index (χ1n) is 10.4. The molecule has 2 N–H and O–H groups in total. The van der Waals surface area contributed by atoms with Gasteiger partial charge in [0.2, 0.25) is 0 Å². The van der Waals surface area contributed by atoms with Crippen LogP contribution < -0.4 is 14.2 Å². The fourth-order valence-corrected chi connectivity index (χ4v) is 4.67. The standard InChI is InChI=1S/C23H31N3O4S/c1-6-30-22-12-11-17(13-23(22)29-5)19(15-25-31(27,28)26(4)16(2)3)20-14-24-21-10-8-7-9-18(20)21/h7-14,16,19,24-25H,6,15H2,1-5H3. The molecule has 8 heteroatoms. The van der Waals surface area contributed by atoms with Crippen molar-refractivity contribution in [3.8, 4) is 11.5 Å². The Labute approximate surface area is 184 Å². The first-order valence-corrected chi connectivity index (χ1v) is 11.8. The van der Waals surface area contributed by atoms with E-state index in [2.05, 4.69) is 9.71 Å². The van der Waals surface area contributed by atoms with Crippen LogP contribution in [0.1, 0.15) is 37.8 Å². The Morgan fingerprint density at radius 2 is 1.87 bits per heavy atom. The molecule has 0 amide bonds. The number of nitrogens with zero attached hydrogens (tertiary/aromatic N) is 1. The SMILES string of the molecule is CCOc1ccc(C(CNS(=O)(=O)N(C)C(C)C)c2c[nH]c3ccccc23)cc1OC. The van der Waals surface area contributed by atoms with Gasteiger partial charge in [0.15, 0.2) is 11.5 Å². The second kappa shape index (κ2) is 9.72. The maximum Gasteiger partial charge on any atom is 0.279 e. The van der Waals surface area contributed by atoms with E-state index in [1.54, 1.807) is 14.2 Å². The van der Waals surface area contributed by atoms with Crippen molar-refractivity contribution in [1.29, 1.82) is 0 Å². The highest BCUT2D eigenvalue weighted by atomic mass is 32.2. The molecular weight excluding hydrogens is 414 g/mol. The molecule has 0 spiro atoms. The van der Waals surface area contributed by atoms with Crippen LogP contribution in [0.4, 0.5) is 0 Å². The van der Waals surface area contributed by atoms with E-state index in [9.17, 15) is 8.42 Å². The van der Waals surface area contributed by atoms with E-state index in [4.69, 9.17) is 9.47 Å². The Bertz CT molecular complexity index is 1120. The summed E-state index contributed by atoms with van der Waals surface area (Å²) < 4.78 is 40.8. The summed E-state index contributed by atoms with van der Waals surface area (Å²) in [6, 6.07) is 13.6. The Balaban J connectivity index is 2.03. The van der Waals surface area contributed by atoms with Crippen molar-refractivity contribution in [3.05, 3.63) is 59.8 Å². The molecule has 0 radical (unpaired) electrons. The van der Waals surface area contributed by atoms with Gasteiger partial charge in [0, 0.05) is 42.7 Å². The van der Waals surface area contributed by atoms with Gasteiger partial charge in [0.25, 0.3) is 10.2 Å². The normalized spacial score (nSPS) is 13.1. The zero-order valence-electron chi connectivity index (χ0n) is 18.7. The summed E-state index contributed by atoms with van der Waals surface area (Å²) in [4.78, 5) is 3.29. The quantitative estimate of drug-likeness (QED) is 0.496. The van der Waals surface area contributed by atoms with Crippen LogP contribution in [-0.4, -0.2) is 51.1 Å². The summed E-state index contributed by atoms with van der Waals surface area (Å²) in [6.45, 7) is 6.34. The van der Waals surface area contributed by atoms with E-state index in [1.807, 2.05) is 69.4 Å². The Morgan fingerprint density at radius 3 is 2.55 bits per heavy atom. The fraction of sp³-hybridized carbons (Fsp3) is 0.391. The number of para-hydroxylation sites is 1. The summed E-state index contributed by atoms with van der Waals surface area (Å²) in [6.07, 6.45) is 1.94. The van der Waals surface area contributed by atoms with Crippen molar-refractivity contribution in [3.63, 3.8) is 0 Å². The van der Waals surface area contributed by atoms with Crippen molar-refractivity contribution in [2.24, 2.45) is 0 Å². The third kappa shape index (κ3) is 5.03. The van der Waals surface area contributed by atoms with Crippen molar-refractivity contribution < 1.29 is 17.9 Å². The molecule has 168 valence electrons. The van der Waals surface area contributed by atoms with E-state index in [0.717, 1.165) is 22.0 Å². The topological polar surface area (TPSA) is 83.7 Å². The van der Waals surface area contributed by atoms with Crippen molar-refractivity contribution in [2.75, 3.05) is 27.3 Å². The second-order valence-corrected chi connectivity index (χ2v) is 9.46. The second-order valence-electron chi connectivity index (χ2n) is 7.65. The number of aromatic nitrogens is 1. The zero-order valence-corrected chi connectivity index (χ0v) is 19.5. The third-order valence-corrected chi connectivity index (χ3v) is 7.17. The van der Waals surface area contributed by atoms with Crippen molar-refractivity contribution >= 4 is 21.1 Å². The number of aromatic amines is 1. The molecule has 1 unspecified atom stereocenters. The van der Waals surface area contributed by atoms with Crippen LogP contribution in [0.5, 0.6) is 11.5 Å². The van der Waals surface area contributed by atoms with Crippen molar-refractivity contribution in [2.45, 2.75) is 32.7 Å². The Hall–Kier alpha value is -2.55. The van der Waals surface area contributed by atoms with Gasteiger partial charge in [-0.25, -0.2) is 4.72 Å². The number of hydrogen-bond acceptors (Lipinski definition) is 4. The summed E-state index contributed by atoms with van der Waals surface area (Å²) in [5.41, 5.74) is 2.94. The molecule has 1 heterocycles. The van der Waals surface area contributed by atoms with E-state index >= 15 is 0 Å². The average molecular weight is 446 g/mol. The summed E-state index contributed by atoms with van der Waals surface area (Å²) >= 11 is 0. The van der Waals surface area contributed by atoms with Crippen LogP contribution in [0.2, 0.25) is 0 Å². The number of ether oxygens (including phenoxy) is 2. The van der Waals surface area contributed by atoms with Crippen LogP contribution >= 0.6 is 0 Å². The van der Waals surface area contributed by atoms with Crippen LogP contribution in [0.15, 0.2) is 48.7 Å². The lowest BCUT2D eigenvalue weighted by Gasteiger charge is -2.24. The van der Waals surface area contributed by atoms with E-state index < -0.39 is 10.2 Å². The molecule has 0 aliphatic carbocycles. The highest BCUT2D eigenvalue weighted by Crippen LogP contribution is 2.36. The van der Waals surface area contributed by atoms with Gasteiger partial charge < -0.3 is 14.5 Å². The predicted octanol–water partition coefficient (Wildman–Crippen LogP) is 3.88. The molecule has 3 rings (SSSR count). The predicted molar refractivity (Wildman–Crippen MR) is 124 cm³/mol. The van der Waals surface area contributed by atoms with E-state index in [1.165, 1.54) is 4.31 Å². The number of hydrogen-bond donors (Lipinski definition) is 2. The highest BCUT2D eigenvalue weighted by molar-refractivity contribution is 7.87. The number of fused-ring (bicyclic) bond motifs is 1. The van der Waals surface area contributed by atoms with Gasteiger partial charge in [-0.3, -0.25) is 0 Å². The molecule has 0 aliphatic heterocycles. The van der Waals surface area contributed by atoms with E-state index in [0.29, 0.717) is 18.1 Å². The van der Waals surface area contributed by atoms with Gasteiger partial charge in [0.05, 0.1) is 13.7 Å². The number of rotatable bonds is 10. The lowest BCUT2D eigenvalue weighted by atomic mass is 9.91. The Kier molecular flexibility index (Phi) is 7.25. The fourth-order valence-electron chi connectivity index (χ4n) is 3.53. The van der Waals surface area contributed by atoms with Crippen LogP contribution in [-0.2, 0) is 10.2 Å². The number of nitrogens with one attached hydrogen (secondary N) is 2. The van der Waals surface area contributed by atoms with Crippen molar-refractivity contribution in [1.82, 2.24) is 14.0 Å². The third-order valence-electron chi connectivity index (χ3n) is 5.46. The molecule has 0 bridgehead atoms. The summed E-state index contributed by atoms with van der Waals surface area (Å²) in [5.74, 6) is 1.05. The minimum Gasteiger partial charge on any atom is -0.493 e. The van der Waals surface area contributed by atoms with Gasteiger partial charge in [0.1, 0.15) is 0 Å². The Morgan fingerprint density at radius 1 is 1.13 bits per heavy atom. The molecule has 0 saturated carbocycles. The molecule has 0 saturated heterocycles. The van der Waals surface area contributed by atoms with Crippen LogP contribution in [0.3, 0.4) is 0 Å². The van der Waals surface area contributed by atoms with E-state index in [-0.39, 0.29) is 18.5 Å². The molecule has 2 aromatic carbocycles. The molecule has 31 heavy (non-hydrogen) atoms. The molecule has 0 fully saturated rings. The van der Waals surface area contributed by atoms with Crippen LogP contribution in [0.25, 0.3) is 10.9 Å². The van der Waals surface area contributed by atoms with Gasteiger partial charge in [-0.05, 0) is 50.1 Å². The number of benzene rings is 2. The highest BCUT2D eigenvalue weighted by Gasteiger charge is 2.25. The smallest absolute Gasteiger partial charge is 0.279 e. The van der Waals surface area contributed by atoms with Gasteiger partial charge in [-0.2, -0.15) is 12.7 Å². The minimum atomic E-state index is -3.62. The monoisotopic (exact) mass is 445 g/mol. The van der Waals surface area contributed by atoms with Gasteiger partial charge >= 0.3 is 0 Å². The molecule has 1 atom stereocenters. The molecule has 0 aliphatic rings.